The lowest BCUT2D eigenvalue weighted by Gasteiger charge is -2.24. The zero-order chi connectivity index (χ0) is 12.0. The van der Waals surface area contributed by atoms with Gasteiger partial charge in [-0.2, -0.15) is 0 Å². The third kappa shape index (κ3) is 1.68. The zero-order valence-corrected chi connectivity index (χ0v) is 10.7. The summed E-state index contributed by atoms with van der Waals surface area (Å²) in [6, 6.07) is 6.84. The Morgan fingerprint density at radius 1 is 1.18 bits per heavy atom. The average Bonchev–Trinajstić information content (AvgIpc) is 2.75. The van der Waals surface area contributed by atoms with Crippen LogP contribution in [-0.4, -0.2) is 9.55 Å². The second-order valence-electron chi connectivity index (χ2n) is 5.85. The molecule has 0 unspecified atom stereocenters. The highest BCUT2D eigenvalue weighted by molar-refractivity contribution is 5.48. The molecule has 0 bridgehead atoms. The first kappa shape index (κ1) is 10.6. The van der Waals surface area contributed by atoms with Gasteiger partial charge in [-0.15, -0.1) is 0 Å². The molecule has 0 aliphatic carbocycles. The number of fused-ring (bicyclic) bond motifs is 3. The van der Waals surface area contributed by atoms with Gasteiger partial charge < -0.3 is 4.57 Å². The van der Waals surface area contributed by atoms with Gasteiger partial charge in [-0.3, -0.25) is 0 Å². The second-order valence-corrected chi connectivity index (χ2v) is 5.85. The summed E-state index contributed by atoms with van der Waals surface area (Å²) in [5, 5.41) is 0. The molecule has 2 heteroatoms. The van der Waals surface area contributed by atoms with Gasteiger partial charge >= 0.3 is 0 Å². The van der Waals surface area contributed by atoms with Crippen molar-refractivity contribution in [2.24, 2.45) is 0 Å². The van der Waals surface area contributed by atoms with Crippen LogP contribution in [0.5, 0.6) is 0 Å². The molecule has 2 aromatic rings. The molecule has 0 atom stereocenters. The fraction of sp³-hybridized carbons (Fsp3) is 0.400. The standard InChI is InChI=1S/C15H18N2/c1-15(2,3)12-5-7-14-11(8-12)4-6-13-9-16-10-17(13)14/h5,7-10H,4,6H2,1-3H3. The summed E-state index contributed by atoms with van der Waals surface area (Å²) in [4.78, 5) is 4.24. The minimum atomic E-state index is 0.226. The molecular formula is C15H18N2. The molecule has 0 radical (unpaired) electrons. The largest absolute Gasteiger partial charge is 0.303 e. The van der Waals surface area contributed by atoms with Crippen LogP contribution in [0.1, 0.15) is 37.6 Å². The summed E-state index contributed by atoms with van der Waals surface area (Å²) >= 11 is 0. The monoisotopic (exact) mass is 226 g/mol. The third-order valence-electron chi connectivity index (χ3n) is 3.57. The summed E-state index contributed by atoms with van der Waals surface area (Å²) in [6.07, 6.45) is 6.12. The van der Waals surface area contributed by atoms with E-state index >= 15 is 0 Å². The van der Waals surface area contributed by atoms with E-state index in [0.717, 1.165) is 12.8 Å². The van der Waals surface area contributed by atoms with Crippen molar-refractivity contribution >= 4 is 0 Å². The van der Waals surface area contributed by atoms with Crippen molar-refractivity contribution in [3.8, 4) is 5.69 Å². The van der Waals surface area contributed by atoms with Crippen molar-refractivity contribution in [1.82, 2.24) is 9.55 Å². The van der Waals surface area contributed by atoms with Crippen molar-refractivity contribution in [3.05, 3.63) is 47.5 Å². The van der Waals surface area contributed by atoms with Crippen LogP contribution < -0.4 is 0 Å². The first-order valence-corrected chi connectivity index (χ1v) is 6.21. The normalized spacial score (nSPS) is 14.3. The van der Waals surface area contributed by atoms with Crippen LogP contribution in [0.3, 0.4) is 0 Å². The van der Waals surface area contributed by atoms with Gasteiger partial charge in [-0.05, 0) is 35.4 Å². The van der Waals surface area contributed by atoms with E-state index in [1.165, 1.54) is 22.5 Å². The van der Waals surface area contributed by atoms with E-state index in [4.69, 9.17) is 0 Å². The fourth-order valence-electron chi connectivity index (χ4n) is 2.47. The first-order chi connectivity index (χ1) is 8.05. The van der Waals surface area contributed by atoms with Gasteiger partial charge in [0, 0.05) is 17.6 Å². The van der Waals surface area contributed by atoms with Crippen LogP contribution in [0.4, 0.5) is 0 Å². The van der Waals surface area contributed by atoms with Crippen LogP contribution in [0.2, 0.25) is 0 Å². The van der Waals surface area contributed by atoms with Gasteiger partial charge in [0.2, 0.25) is 0 Å². The fourth-order valence-corrected chi connectivity index (χ4v) is 2.47. The maximum atomic E-state index is 4.24. The minimum absolute atomic E-state index is 0.226. The Balaban J connectivity index is 2.14. The van der Waals surface area contributed by atoms with Crippen LogP contribution in [0, 0.1) is 0 Å². The molecule has 0 saturated carbocycles. The predicted molar refractivity (Wildman–Crippen MR) is 69.7 cm³/mol. The van der Waals surface area contributed by atoms with Gasteiger partial charge in [-0.1, -0.05) is 32.9 Å². The van der Waals surface area contributed by atoms with Gasteiger partial charge in [0.05, 0.1) is 6.33 Å². The van der Waals surface area contributed by atoms with Crippen molar-refractivity contribution in [1.29, 1.82) is 0 Å². The lowest BCUT2D eigenvalue weighted by Crippen LogP contribution is -2.15. The quantitative estimate of drug-likeness (QED) is 0.674. The SMILES string of the molecule is CC(C)(C)c1ccc2c(c1)CCc1cncn1-2. The van der Waals surface area contributed by atoms with E-state index in [1.807, 2.05) is 12.5 Å². The third-order valence-corrected chi connectivity index (χ3v) is 3.57. The Hall–Kier alpha value is -1.57. The van der Waals surface area contributed by atoms with E-state index in [1.54, 1.807) is 0 Å². The average molecular weight is 226 g/mol. The van der Waals surface area contributed by atoms with E-state index in [9.17, 15) is 0 Å². The van der Waals surface area contributed by atoms with Gasteiger partial charge in [-0.25, -0.2) is 4.98 Å². The maximum Gasteiger partial charge on any atom is 0.0994 e. The van der Waals surface area contributed by atoms with Gasteiger partial charge in [0.1, 0.15) is 0 Å². The Bertz CT molecular complexity index is 559. The number of aromatic nitrogens is 2. The number of imidazole rings is 1. The Kier molecular flexibility index (Phi) is 2.15. The molecule has 0 amide bonds. The van der Waals surface area contributed by atoms with Crippen molar-refractivity contribution in [2.45, 2.75) is 39.0 Å². The molecule has 1 aliphatic rings. The molecule has 1 aromatic carbocycles. The summed E-state index contributed by atoms with van der Waals surface area (Å²) in [5.74, 6) is 0. The lowest BCUT2D eigenvalue weighted by atomic mass is 9.85. The second kappa shape index (κ2) is 3.46. The van der Waals surface area contributed by atoms with Gasteiger partial charge in [0.15, 0.2) is 0 Å². The number of hydrogen-bond acceptors (Lipinski definition) is 1. The Morgan fingerprint density at radius 2 is 2.00 bits per heavy atom. The van der Waals surface area contributed by atoms with Crippen LogP contribution in [0.15, 0.2) is 30.7 Å². The van der Waals surface area contributed by atoms with Crippen LogP contribution in [0.25, 0.3) is 5.69 Å². The number of benzene rings is 1. The number of aryl methyl sites for hydroxylation is 2. The molecule has 1 aromatic heterocycles. The highest BCUT2D eigenvalue weighted by Gasteiger charge is 2.19. The first-order valence-electron chi connectivity index (χ1n) is 6.21. The molecule has 1 aliphatic heterocycles. The molecule has 88 valence electrons. The van der Waals surface area contributed by atoms with Crippen molar-refractivity contribution in [3.63, 3.8) is 0 Å². The van der Waals surface area contributed by atoms with Gasteiger partial charge in [0.25, 0.3) is 0 Å². The number of hydrogen-bond donors (Lipinski definition) is 0. The molecule has 2 nitrogen and oxygen atoms in total. The summed E-state index contributed by atoms with van der Waals surface area (Å²) in [5.41, 5.74) is 5.71. The highest BCUT2D eigenvalue weighted by Crippen LogP contribution is 2.29. The number of rotatable bonds is 0. The maximum absolute atomic E-state index is 4.24. The Labute approximate surface area is 102 Å². The topological polar surface area (TPSA) is 17.8 Å². The minimum Gasteiger partial charge on any atom is -0.303 e. The molecule has 2 heterocycles. The molecule has 0 fully saturated rings. The Morgan fingerprint density at radius 3 is 2.76 bits per heavy atom. The smallest absolute Gasteiger partial charge is 0.0994 e. The van der Waals surface area contributed by atoms with E-state index in [2.05, 4.69) is 48.5 Å². The molecule has 3 rings (SSSR count). The lowest BCUT2D eigenvalue weighted by molar-refractivity contribution is 0.588. The predicted octanol–water partition coefficient (Wildman–Crippen LogP) is 3.27. The molecule has 0 saturated heterocycles. The summed E-state index contributed by atoms with van der Waals surface area (Å²) < 4.78 is 2.21. The number of nitrogens with zero attached hydrogens (tertiary/aromatic N) is 2. The van der Waals surface area contributed by atoms with Crippen LogP contribution in [-0.2, 0) is 18.3 Å². The van der Waals surface area contributed by atoms with Crippen molar-refractivity contribution < 1.29 is 0 Å². The molecular weight excluding hydrogens is 208 g/mol. The van der Waals surface area contributed by atoms with E-state index in [-0.39, 0.29) is 5.41 Å². The molecule has 17 heavy (non-hydrogen) atoms. The van der Waals surface area contributed by atoms with Crippen molar-refractivity contribution in [2.75, 3.05) is 0 Å². The van der Waals surface area contributed by atoms with E-state index in [0.29, 0.717) is 0 Å². The van der Waals surface area contributed by atoms with Crippen LogP contribution >= 0.6 is 0 Å². The summed E-state index contributed by atoms with van der Waals surface area (Å²) in [6.45, 7) is 6.79. The summed E-state index contributed by atoms with van der Waals surface area (Å²) in [7, 11) is 0. The van der Waals surface area contributed by atoms with E-state index < -0.39 is 0 Å². The highest BCUT2D eigenvalue weighted by atomic mass is 15.1. The molecule has 0 N–H and O–H groups in total. The molecule has 0 spiro atoms. The zero-order valence-electron chi connectivity index (χ0n) is 10.7.